The Morgan fingerprint density at radius 1 is 1.23 bits per heavy atom. The van der Waals surface area contributed by atoms with Crippen LogP contribution >= 0.6 is 15.9 Å². The summed E-state index contributed by atoms with van der Waals surface area (Å²) in [6.07, 6.45) is 1.16. The summed E-state index contributed by atoms with van der Waals surface area (Å²) in [6.45, 7) is 3.10. The molecule has 136 valence electrons. The van der Waals surface area contributed by atoms with Crippen molar-refractivity contribution in [3.05, 3.63) is 53.0 Å². The van der Waals surface area contributed by atoms with Gasteiger partial charge in [0.25, 0.3) is 0 Å². The molecule has 1 aliphatic rings. The molecule has 0 aromatic heterocycles. The third-order valence-electron chi connectivity index (χ3n) is 4.25. The standard InChI is InChI=1S/C20H21BrN2O3/c1-2-11-26-16-9-7-15(8-10-16)23-13-14(12-19(23)24)20(25)22-18-6-4-3-5-17(18)21/h3-10,14H,2,11-13H2,1H3,(H,22,25)/t14-/m0/s1. The number of ether oxygens (including phenoxy) is 1. The molecule has 1 heterocycles. The lowest BCUT2D eigenvalue weighted by molar-refractivity contribution is -0.122. The number of para-hydroxylation sites is 1. The lowest BCUT2D eigenvalue weighted by Crippen LogP contribution is -2.28. The summed E-state index contributed by atoms with van der Waals surface area (Å²) in [5.41, 5.74) is 1.50. The van der Waals surface area contributed by atoms with Crippen LogP contribution in [-0.4, -0.2) is 25.0 Å². The average Bonchev–Trinajstić information content (AvgIpc) is 3.04. The molecule has 0 spiro atoms. The minimum absolute atomic E-state index is 0.0421. The smallest absolute Gasteiger partial charge is 0.229 e. The SMILES string of the molecule is CCCOc1ccc(N2C[C@@H](C(=O)Nc3ccccc3Br)CC2=O)cc1. The fourth-order valence-corrected chi connectivity index (χ4v) is 3.26. The summed E-state index contributed by atoms with van der Waals surface area (Å²) in [5, 5.41) is 2.89. The Morgan fingerprint density at radius 3 is 2.65 bits per heavy atom. The van der Waals surface area contributed by atoms with Gasteiger partial charge in [-0.05, 0) is 58.7 Å². The summed E-state index contributed by atoms with van der Waals surface area (Å²) in [4.78, 5) is 26.6. The van der Waals surface area contributed by atoms with Crippen molar-refractivity contribution in [3.8, 4) is 5.75 Å². The van der Waals surface area contributed by atoms with Crippen LogP contribution in [0.15, 0.2) is 53.0 Å². The van der Waals surface area contributed by atoms with Gasteiger partial charge in [0.1, 0.15) is 5.75 Å². The van der Waals surface area contributed by atoms with E-state index in [0.29, 0.717) is 18.8 Å². The van der Waals surface area contributed by atoms with Crippen LogP contribution in [0.1, 0.15) is 19.8 Å². The topological polar surface area (TPSA) is 58.6 Å². The fraction of sp³-hybridized carbons (Fsp3) is 0.300. The van der Waals surface area contributed by atoms with E-state index >= 15 is 0 Å². The van der Waals surface area contributed by atoms with Gasteiger partial charge in [0.15, 0.2) is 0 Å². The molecule has 0 saturated carbocycles. The van der Waals surface area contributed by atoms with Crippen molar-refractivity contribution in [3.63, 3.8) is 0 Å². The van der Waals surface area contributed by atoms with Crippen molar-refractivity contribution < 1.29 is 14.3 Å². The Kier molecular flexibility index (Phi) is 5.93. The Balaban J connectivity index is 1.64. The van der Waals surface area contributed by atoms with Gasteiger partial charge in [-0.3, -0.25) is 9.59 Å². The van der Waals surface area contributed by atoms with Gasteiger partial charge in [-0.25, -0.2) is 0 Å². The number of nitrogens with zero attached hydrogens (tertiary/aromatic N) is 1. The maximum Gasteiger partial charge on any atom is 0.229 e. The summed E-state index contributed by atoms with van der Waals surface area (Å²) in [7, 11) is 0. The van der Waals surface area contributed by atoms with E-state index in [9.17, 15) is 9.59 Å². The molecule has 0 unspecified atom stereocenters. The van der Waals surface area contributed by atoms with Crippen LogP contribution in [-0.2, 0) is 9.59 Å². The van der Waals surface area contributed by atoms with Crippen LogP contribution in [0.2, 0.25) is 0 Å². The summed E-state index contributed by atoms with van der Waals surface area (Å²) >= 11 is 3.41. The minimum Gasteiger partial charge on any atom is -0.494 e. The first-order valence-corrected chi connectivity index (χ1v) is 9.46. The average molecular weight is 417 g/mol. The number of hydrogen-bond donors (Lipinski definition) is 1. The molecule has 0 radical (unpaired) electrons. The highest BCUT2D eigenvalue weighted by Gasteiger charge is 2.35. The molecule has 3 rings (SSSR count). The van der Waals surface area contributed by atoms with Crippen LogP contribution in [0, 0.1) is 5.92 Å². The van der Waals surface area contributed by atoms with E-state index in [0.717, 1.165) is 22.3 Å². The lowest BCUT2D eigenvalue weighted by atomic mass is 10.1. The van der Waals surface area contributed by atoms with Gasteiger partial charge < -0.3 is 15.0 Å². The first-order chi connectivity index (χ1) is 12.6. The molecule has 1 atom stereocenters. The molecule has 2 aromatic carbocycles. The lowest BCUT2D eigenvalue weighted by Gasteiger charge is -2.17. The van der Waals surface area contributed by atoms with Crippen molar-refractivity contribution in [2.75, 3.05) is 23.4 Å². The molecular formula is C20H21BrN2O3. The second-order valence-electron chi connectivity index (χ2n) is 6.22. The normalized spacial score (nSPS) is 16.6. The summed E-state index contributed by atoms with van der Waals surface area (Å²) in [6, 6.07) is 14.9. The third kappa shape index (κ3) is 4.25. The molecule has 1 fully saturated rings. The zero-order valence-corrected chi connectivity index (χ0v) is 16.2. The molecule has 5 nitrogen and oxygen atoms in total. The number of benzene rings is 2. The van der Waals surface area contributed by atoms with Crippen LogP contribution in [0.3, 0.4) is 0 Å². The molecule has 0 aliphatic carbocycles. The van der Waals surface area contributed by atoms with E-state index in [1.54, 1.807) is 4.90 Å². The molecule has 1 saturated heterocycles. The maximum absolute atomic E-state index is 12.5. The van der Waals surface area contributed by atoms with Crippen molar-refractivity contribution >= 4 is 39.1 Å². The van der Waals surface area contributed by atoms with Gasteiger partial charge in [0, 0.05) is 23.1 Å². The van der Waals surface area contributed by atoms with Gasteiger partial charge in [-0.1, -0.05) is 19.1 Å². The van der Waals surface area contributed by atoms with Crippen LogP contribution in [0.5, 0.6) is 5.75 Å². The Labute approximate surface area is 161 Å². The van der Waals surface area contributed by atoms with E-state index in [4.69, 9.17) is 4.74 Å². The molecule has 2 amide bonds. The predicted octanol–water partition coefficient (Wildman–Crippen LogP) is 4.23. The third-order valence-corrected chi connectivity index (χ3v) is 4.94. The molecule has 26 heavy (non-hydrogen) atoms. The number of anilines is 2. The van der Waals surface area contributed by atoms with Gasteiger partial charge in [0.2, 0.25) is 11.8 Å². The van der Waals surface area contributed by atoms with Crippen LogP contribution in [0.25, 0.3) is 0 Å². The van der Waals surface area contributed by atoms with E-state index in [2.05, 4.69) is 28.2 Å². The number of amides is 2. The second kappa shape index (κ2) is 8.36. The largest absolute Gasteiger partial charge is 0.494 e. The fourth-order valence-electron chi connectivity index (χ4n) is 2.87. The number of nitrogens with one attached hydrogen (secondary N) is 1. The van der Waals surface area contributed by atoms with E-state index in [1.807, 2.05) is 48.5 Å². The zero-order valence-electron chi connectivity index (χ0n) is 14.6. The van der Waals surface area contributed by atoms with Gasteiger partial charge in [-0.15, -0.1) is 0 Å². The number of halogens is 1. The first-order valence-electron chi connectivity index (χ1n) is 8.67. The molecule has 6 heteroatoms. The second-order valence-corrected chi connectivity index (χ2v) is 7.07. The Bertz CT molecular complexity index is 792. The van der Waals surface area contributed by atoms with Crippen LogP contribution < -0.4 is 15.0 Å². The summed E-state index contributed by atoms with van der Waals surface area (Å²) < 4.78 is 6.38. The molecular weight excluding hydrogens is 396 g/mol. The number of hydrogen-bond acceptors (Lipinski definition) is 3. The predicted molar refractivity (Wildman–Crippen MR) is 105 cm³/mol. The first kappa shape index (κ1) is 18.5. The van der Waals surface area contributed by atoms with Gasteiger partial charge in [0.05, 0.1) is 18.2 Å². The molecule has 0 bridgehead atoms. The molecule has 1 N–H and O–H groups in total. The van der Waals surface area contributed by atoms with Crippen molar-refractivity contribution in [1.29, 1.82) is 0 Å². The Morgan fingerprint density at radius 2 is 1.96 bits per heavy atom. The highest BCUT2D eigenvalue weighted by molar-refractivity contribution is 9.10. The monoisotopic (exact) mass is 416 g/mol. The highest BCUT2D eigenvalue weighted by Crippen LogP contribution is 2.28. The van der Waals surface area contributed by atoms with E-state index in [-0.39, 0.29) is 24.2 Å². The van der Waals surface area contributed by atoms with Crippen molar-refractivity contribution in [2.24, 2.45) is 5.92 Å². The van der Waals surface area contributed by atoms with Crippen molar-refractivity contribution in [2.45, 2.75) is 19.8 Å². The molecule has 2 aromatic rings. The zero-order chi connectivity index (χ0) is 18.5. The van der Waals surface area contributed by atoms with E-state index in [1.165, 1.54) is 0 Å². The number of rotatable bonds is 6. The highest BCUT2D eigenvalue weighted by atomic mass is 79.9. The van der Waals surface area contributed by atoms with E-state index < -0.39 is 0 Å². The summed E-state index contributed by atoms with van der Waals surface area (Å²) in [5.74, 6) is 0.228. The Hall–Kier alpha value is -2.34. The maximum atomic E-state index is 12.5. The minimum atomic E-state index is -0.370. The van der Waals surface area contributed by atoms with Crippen molar-refractivity contribution in [1.82, 2.24) is 0 Å². The van der Waals surface area contributed by atoms with Gasteiger partial charge in [-0.2, -0.15) is 0 Å². The number of carbonyl (C=O) groups excluding carboxylic acids is 2. The van der Waals surface area contributed by atoms with Crippen LogP contribution in [0.4, 0.5) is 11.4 Å². The molecule has 1 aliphatic heterocycles. The quantitative estimate of drug-likeness (QED) is 0.766. The number of carbonyl (C=O) groups is 2. The van der Waals surface area contributed by atoms with Gasteiger partial charge >= 0.3 is 0 Å².